The molecule has 0 amide bonds. The van der Waals surface area contributed by atoms with Crippen LogP contribution in [0.15, 0.2) is 78.9 Å². The zero-order valence-corrected chi connectivity index (χ0v) is 17.8. The Morgan fingerprint density at radius 2 is 1.35 bits per heavy atom. The Bertz CT molecular complexity index is 1810. The van der Waals surface area contributed by atoms with E-state index in [9.17, 15) is 0 Å². The van der Waals surface area contributed by atoms with Crippen molar-refractivity contribution in [2.24, 2.45) is 7.05 Å². The van der Waals surface area contributed by atoms with Crippen molar-refractivity contribution in [2.45, 2.75) is 13.8 Å². The molecule has 3 heteroatoms. The Morgan fingerprint density at radius 3 is 2.19 bits per heavy atom. The summed E-state index contributed by atoms with van der Waals surface area (Å²) in [5.74, 6) is 1.23. The highest BCUT2D eigenvalue weighted by Crippen LogP contribution is 2.40. The van der Waals surface area contributed by atoms with Crippen LogP contribution in [0.1, 0.15) is 11.4 Å². The Hall–Kier alpha value is -3.85. The number of rotatable bonds is 1. The maximum Gasteiger partial charge on any atom is 0.259 e. The molecule has 0 N–H and O–H groups in total. The van der Waals surface area contributed by atoms with E-state index in [0.29, 0.717) is 0 Å². The lowest BCUT2D eigenvalue weighted by Gasteiger charge is -2.03. The molecular formula is C28H22N3+. The van der Waals surface area contributed by atoms with Gasteiger partial charge in [-0.05, 0) is 30.7 Å². The van der Waals surface area contributed by atoms with Crippen molar-refractivity contribution in [1.82, 2.24) is 8.97 Å². The monoisotopic (exact) mass is 400 g/mol. The average molecular weight is 401 g/mol. The molecule has 7 rings (SSSR count). The van der Waals surface area contributed by atoms with E-state index in [2.05, 4.69) is 113 Å². The van der Waals surface area contributed by atoms with E-state index in [1.54, 1.807) is 0 Å². The Morgan fingerprint density at radius 1 is 0.645 bits per heavy atom. The fourth-order valence-electron chi connectivity index (χ4n) is 5.52. The van der Waals surface area contributed by atoms with Crippen LogP contribution in [-0.2, 0) is 7.05 Å². The third-order valence-corrected chi connectivity index (χ3v) is 7.09. The molecule has 0 aliphatic rings. The highest BCUT2D eigenvalue weighted by atomic mass is 15.2. The molecule has 7 aromatic rings. The number of fused-ring (bicyclic) bond motifs is 7. The molecule has 31 heavy (non-hydrogen) atoms. The first kappa shape index (κ1) is 16.9. The third kappa shape index (κ3) is 1.96. The fraction of sp³-hybridized carbons (Fsp3) is 0.107. The van der Waals surface area contributed by atoms with Gasteiger partial charge in [0.25, 0.3) is 5.82 Å². The standard InChI is InChI=1S/C28H22N3/c1-17-9-4-6-13-23(17)30-18(2)29(3)26-16-25-22(15-27(26)30)21-12-8-11-20-19-10-5-7-14-24(19)31(25)28(20)21/h4-16H,1-3H3/q+1. The lowest BCUT2D eigenvalue weighted by Crippen LogP contribution is -2.30. The van der Waals surface area contributed by atoms with Gasteiger partial charge in [0.15, 0.2) is 11.0 Å². The molecule has 0 unspecified atom stereocenters. The van der Waals surface area contributed by atoms with Gasteiger partial charge in [-0.15, -0.1) is 0 Å². The zero-order valence-electron chi connectivity index (χ0n) is 17.8. The van der Waals surface area contributed by atoms with E-state index in [-0.39, 0.29) is 0 Å². The number of imidazole rings is 1. The van der Waals surface area contributed by atoms with Crippen LogP contribution < -0.4 is 4.57 Å². The number of hydrogen-bond donors (Lipinski definition) is 0. The Balaban J connectivity index is 1.73. The summed E-state index contributed by atoms with van der Waals surface area (Å²) in [6.45, 7) is 4.39. The summed E-state index contributed by atoms with van der Waals surface area (Å²) in [5, 5.41) is 5.29. The summed E-state index contributed by atoms with van der Waals surface area (Å²) >= 11 is 0. The van der Waals surface area contributed by atoms with Gasteiger partial charge in [-0.1, -0.05) is 54.6 Å². The minimum atomic E-state index is 1.23. The quantitative estimate of drug-likeness (QED) is 0.290. The van der Waals surface area contributed by atoms with Gasteiger partial charge in [0.2, 0.25) is 0 Å². The summed E-state index contributed by atoms with van der Waals surface area (Å²) in [5.41, 5.74) is 8.90. The number of para-hydroxylation sites is 3. The molecule has 0 spiro atoms. The van der Waals surface area contributed by atoms with Crippen LogP contribution in [0.3, 0.4) is 0 Å². The Kier molecular flexibility index (Phi) is 3.07. The topological polar surface area (TPSA) is 13.2 Å². The molecule has 0 fully saturated rings. The molecule has 0 saturated carbocycles. The molecule has 0 bridgehead atoms. The molecule has 148 valence electrons. The Labute approximate surface area is 179 Å². The van der Waals surface area contributed by atoms with Crippen LogP contribution >= 0.6 is 0 Å². The van der Waals surface area contributed by atoms with Gasteiger partial charge in [-0.3, -0.25) is 0 Å². The highest BCUT2D eigenvalue weighted by molar-refractivity contribution is 6.24. The summed E-state index contributed by atoms with van der Waals surface area (Å²) in [6.07, 6.45) is 0. The molecule has 3 heterocycles. The van der Waals surface area contributed by atoms with Gasteiger partial charge in [-0.25, -0.2) is 4.57 Å². The summed E-state index contributed by atoms with van der Waals surface area (Å²) in [6, 6.07) is 28.9. The lowest BCUT2D eigenvalue weighted by atomic mass is 10.1. The second kappa shape index (κ2) is 5.64. The van der Waals surface area contributed by atoms with Crippen LogP contribution in [0.4, 0.5) is 0 Å². The number of benzene rings is 4. The predicted molar refractivity (Wildman–Crippen MR) is 129 cm³/mol. The van der Waals surface area contributed by atoms with E-state index in [1.165, 1.54) is 66.2 Å². The van der Waals surface area contributed by atoms with E-state index < -0.39 is 0 Å². The molecule has 0 radical (unpaired) electrons. The highest BCUT2D eigenvalue weighted by Gasteiger charge is 2.25. The second-order valence-corrected chi connectivity index (χ2v) is 8.64. The van der Waals surface area contributed by atoms with Crippen molar-refractivity contribution in [3.05, 3.63) is 90.3 Å². The van der Waals surface area contributed by atoms with Crippen molar-refractivity contribution in [3.8, 4) is 5.69 Å². The molecule has 4 aromatic carbocycles. The average Bonchev–Trinajstić information content (AvgIpc) is 3.39. The maximum atomic E-state index is 2.45. The van der Waals surface area contributed by atoms with Gasteiger partial charge < -0.3 is 4.40 Å². The van der Waals surface area contributed by atoms with Gasteiger partial charge in [-0.2, -0.15) is 4.57 Å². The molecule has 0 aliphatic heterocycles. The van der Waals surface area contributed by atoms with E-state index in [4.69, 9.17) is 0 Å². The first-order valence-electron chi connectivity index (χ1n) is 10.8. The largest absolute Gasteiger partial charge is 0.308 e. The first-order chi connectivity index (χ1) is 15.1. The van der Waals surface area contributed by atoms with Crippen LogP contribution in [0.5, 0.6) is 0 Å². The SMILES string of the molecule is Cc1ccccc1-n1c(C)[n+](C)c2cc3c(cc21)c1cccc2c4ccccc4n3c21. The van der Waals surface area contributed by atoms with Gasteiger partial charge in [0.05, 0.1) is 23.6 Å². The van der Waals surface area contributed by atoms with Crippen LogP contribution in [0.25, 0.3) is 54.8 Å². The summed E-state index contributed by atoms with van der Waals surface area (Å²) in [4.78, 5) is 0. The molecule has 0 aliphatic carbocycles. The van der Waals surface area contributed by atoms with Crippen molar-refractivity contribution in [3.63, 3.8) is 0 Å². The minimum absolute atomic E-state index is 1.23. The molecule has 3 nitrogen and oxygen atoms in total. The number of aromatic nitrogens is 3. The van der Waals surface area contributed by atoms with Gasteiger partial charge >= 0.3 is 0 Å². The van der Waals surface area contributed by atoms with Crippen molar-refractivity contribution >= 4 is 49.1 Å². The molecular weight excluding hydrogens is 378 g/mol. The first-order valence-corrected chi connectivity index (χ1v) is 10.8. The zero-order chi connectivity index (χ0) is 20.9. The number of aryl methyl sites for hydroxylation is 2. The van der Waals surface area contributed by atoms with Crippen LogP contribution in [-0.4, -0.2) is 8.97 Å². The van der Waals surface area contributed by atoms with Crippen LogP contribution in [0, 0.1) is 13.8 Å². The van der Waals surface area contributed by atoms with Gasteiger partial charge in [0, 0.05) is 34.5 Å². The fourth-order valence-corrected chi connectivity index (χ4v) is 5.52. The number of hydrogen-bond acceptors (Lipinski definition) is 0. The van der Waals surface area contributed by atoms with Crippen LogP contribution in [0.2, 0.25) is 0 Å². The predicted octanol–water partition coefficient (Wildman–Crippen LogP) is 6.22. The minimum Gasteiger partial charge on any atom is -0.308 e. The number of nitrogens with zero attached hydrogens (tertiary/aromatic N) is 3. The van der Waals surface area contributed by atoms with E-state index in [1.807, 2.05) is 0 Å². The van der Waals surface area contributed by atoms with Crippen molar-refractivity contribution in [2.75, 3.05) is 0 Å². The smallest absolute Gasteiger partial charge is 0.259 e. The van der Waals surface area contributed by atoms with Crippen molar-refractivity contribution in [1.29, 1.82) is 0 Å². The lowest BCUT2D eigenvalue weighted by molar-refractivity contribution is -0.652. The molecule has 3 aromatic heterocycles. The molecule has 0 atom stereocenters. The normalized spacial score (nSPS) is 12.4. The van der Waals surface area contributed by atoms with Gasteiger partial charge in [0.1, 0.15) is 5.69 Å². The second-order valence-electron chi connectivity index (χ2n) is 8.64. The van der Waals surface area contributed by atoms with E-state index in [0.717, 1.165) is 0 Å². The summed E-state index contributed by atoms with van der Waals surface area (Å²) in [7, 11) is 2.17. The third-order valence-electron chi connectivity index (χ3n) is 7.09. The van der Waals surface area contributed by atoms with Crippen molar-refractivity contribution < 1.29 is 4.57 Å². The summed E-state index contributed by atoms with van der Waals surface area (Å²) < 4.78 is 7.17. The van der Waals surface area contributed by atoms with E-state index >= 15 is 0 Å². The molecule has 0 saturated heterocycles. The maximum absolute atomic E-state index is 2.45.